The van der Waals surface area contributed by atoms with E-state index in [0.29, 0.717) is 6.42 Å². The maximum absolute atomic E-state index is 10.1. The molecule has 0 aliphatic heterocycles. The van der Waals surface area contributed by atoms with Gasteiger partial charge in [-0.3, -0.25) is 4.79 Å². The number of rotatable bonds is 7. The normalized spacial score (nSPS) is 9.08. The van der Waals surface area contributed by atoms with Gasteiger partial charge in [-0.15, -0.1) is 0 Å². The number of hydrogen-bond donors (Lipinski definition) is 1. The van der Waals surface area contributed by atoms with Gasteiger partial charge >= 0.3 is 51.5 Å². The Hall–Kier alpha value is 0.951. The van der Waals surface area contributed by atoms with E-state index in [1.54, 1.807) is 0 Å². The van der Waals surface area contributed by atoms with Crippen LogP contribution in [-0.2, 0) is 4.79 Å². The van der Waals surface area contributed by atoms with E-state index >= 15 is 0 Å². The van der Waals surface area contributed by atoms with Crippen molar-refractivity contribution in [3.8, 4) is 0 Å². The zero-order valence-electron chi connectivity index (χ0n) is 10.0. The fourth-order valence-corrected chi connectivity index (χ4v) is 1.06. The summed E-state index contributed by atoms with van der Waals surface area (Å²) in [5.41, 5.74) is 0. The maximum atomic E-state index is 10.1. The number of unbranched alkanes of at least 4 members (excludes halogenated alkanes) is 5. The number of hydrogen-bond acceptors (Lipinski definition) is 1. The summed E-state index contributed by atoms with van der Waals surface area (Å²) in [6.45, 7) is 2.18. The Morgan fingerprint density at radius 1 is 1.17 bits per heavy atom. The average molecular weight is 248 g/mol. The molecule has 0 aliphatic carbocycles. The van der Waals surface area contributed by atoms with Gasteiger partial charge in [0.15, 0.2) is 0 Å². The molecule has 0 heterocycles. The van der Waals surface area contributed by atoms with Crippen LogP contribution < -0.4 is 0 Å². The molecule has 0 aromatic heterocycles. The molecule has 0 aromatic carbocycles. The third kappa shape index (κ3) is 13.5. The van der Waals surface area contributed by atoms with E-state index in [1.807, 2.05) is 0 Å². The molecular weight excluding hydrogens is 228 g/mol. The van der Waals surface area contributed by atoms with E-state index in [4.69, 9.17) is 5.11 Å². The molecule has 3 heteroatoms. The van der Waals surface area contributed by atoms with Crippen molar-refractivity contribution in [2.45, 2.75) is 51.9 Å². The van der Waals surface area contributed by atoms with Crippen molar-refractivity contribution in [3.63, 3.8) is 0 Å². The van der Waals surface area contributed by atoms with Crippen LogP contribution in [0.3, 0.4) is 0 Å². The van der Waals surface area contributed by atoms with Gasteiger partial charge < -0.3 is 7.96 Å². The summed E-state index contributed by atoms with van der Waals surface area (Å²) in [5.74, 6) is -0.666. The molecule has 0 unspecified atom stereocenters. The third-order valence-electron chi connectivity index (χ3n) is 1.74. The molecule has 0 rings (SSSR count). The number of carboxylic acids is 1. The van der Waals surface area contributed by atoms with E-state index in [2.05, 4.69) is 6.92 Å². The smallest absolute Gasteiger partial charge is 1.00 e. The molecule has 2 nitrogen and oxygen atoms in total. The van der Waals surface area contributed by atoms with Gasteiger partial charge in [0.25, 0.3) is 0 Å². The van der Waals surface area contributed by atoms with Gasteiger partial charge in [0, 0.05) is 6.42 Å². The molecule has 0 amide bonds. The van der Waals surface area contributed by atoms with Gasteiger partial charge in [-0.25, -0.2) is 0 Å². The second-order valence-electron chi connectivity index (χ2n) is 2.91. The SMILES string of the molecule is CCCCCCCCC(=O)O.[H-].[H-].[Sr+2]. The van der Waals surface area contributed by atoms with E-state index in [0.717, 1.165) is 12.8 Å². The van der Waals surface area contributed by atoms with Crippen LogP contribution in [0.1, 0.15) is 54.7 Å². The Morgan fingerprint density at radius 2 is 1.67 bits per heavy atom. The van der Waals surface area contributed by atoms with Crippen LogP contribution in [0.25, 0.3) is 0 Å². The van der Waals surface area contributed by atoms with Gasteiger partial charge in [-0.1, -0.05) is 39.0 Å². The first-order valence-corrected chi connectivity index (χ1v) is 4.49. The number of carboxylic acid groups (broad SMARTS) is 1. The first-order valence-electron chi connectivity index (χ1n) is 4.49. The summed E-state index contributed by atoms with van der Waals surface area (Å²) < 4.78 is 0. The summed E-state index contributed by atoms with van der Waals surface area (Å²) in [5, 5.41) is 8.32. The van der Waals surface area contributed by atoms with E-state index in [1.165, 1.54) is 25.7 Å². The Kier molecular flexibility index (Phi) is 15.4. The van der Waals surface area contributed by atoms with Crippen molar-refractivity contribution >= 4 is 51.5 Å². The van der Waals surface area contributed by atoms with Crippen LogP contribution in [0.5, 0.6) is 0 Å². The molecule has 12 heavy (non-hydrogen) atoms. The molecule has 0 saturated carbocycles. The van der Waals surface area contributed by atoms with Crippen LogP contribution in [0.2, 0.25) is 0 Å². The van der Waals surface area contributed by atoms with Crippen LogP contribution in [0, 0.1) is 0 Å². The number of carbonyl (C=O) groups is 1. The molecule has 0 radical (unpaired) electrons. The van der Waals surface area contributed by atoms with E-state index < -0.39 is 5.97 Å². The van der Waals surface area contributed by atoms with Crippen LogP contribution in [0.15, 0.2) is 0 Å². The van der Waals surface area contributed by atoms with Crippen molar-refractivity contribution < 1.29 is 12.8 Å². The van der Waals surface area contributed by atoms with Crippen LogP contribution >= 0.6 is 0 Å². The summed E-state index contributed by atoms with van der Waals surface area (Å²) in [6, 6.07) is 0. The second-order valence-corrected chi connectivity index (χ2v) is 2.91. The van der Waals surface area contributed by atoms with Gasteiger partial charge in [0.1, 0.15) is 0 Å². The minimum atomic E-state index is -0.666. The molecule has 0 bridgehead atoms. The van der Waals surface area contributed by atoms with Gasteiger partial charge in [0.05, 0.1) is 0 Å². The topological polar surface area (TPSA) is 37.3 Å². The van der Waals surface area contributed by atoms with Crippen molar-refractivity contribution in [1.82, 2.24) is 0 Å². The van der Waals surface area contributed by atoms with Crippen LogP contribution in [0.4, 0.5) is 0 Å². The molecule has 0 aliphatic rings. The Bertz CT molecular complexity index is 113. The zero-order chi connectivity index (χ0) is 8.53. The Morgan fingerprint density at radius 3 is 2.17 bits per heavy atom. The Balaban J connectivity index is -0.000000167. The second kappa shape index (κ2) is 12.0. The maximum Gasteiger partial charge on any atom is 2.00 e. The third-order valence-corrected chi connectivity index (χ3v) is 1.74. The largest absolute Gasteiger partial charge is 2.00 e. The van der Waals surface area contributed by atoms with E-state index in [-0.39, 0.29) is 48.3 Å². The minimum Gasteiger partial charge on any atom is -1.00 e. The van der Waals surface area contributed by atoms with Crippen molar-refractivity contribution in [3.05, 3.63) is 0 Å². The first-order chi connectivity index (χ1) is 5.27. The summed E-state index contributed by atoms with van der Waals surface area (Å²) in [7, 11) is 0. The zero-order valence-corrected chi connectivity index (χ0v) is 11.5. The van der Waals surface area contributed by atoms with Crippen molar-refractivity contribution in [1.29, 1.82) is 0 Å². The monoisotopic (exact) mass is 248 g/mol. The first kappa shape index (κ1) is 15.4. The predicted octanol–water partition coefficient (Wildman–Crippen LogP) is 2.67. The summed E-state index contributed by atoms with van der Waals surface area (Å²) >= 11 is 0. The van der Waals surface area contributed by atoms with Crippen LogP contribution in [-0.4, -0.2) is 56.6 Å². The Labute approximate surface area is 115 Å². The molecule has 0 aromatic rings. The predicted molar refractivity (Wildman–Crippen MR) is 53.6 cm³/mol. The van der Waals surface area contributed by atoms with Crippen molar-refractivity contribution in [2.75, 3.05) is 0 Å². The average Bonchev–Trinajstić information content (AvgIpc) is 1.96. The quantitative estimate of drug-likeness (QED) is 0.555. The van der Waals surface area contributed by atoms with Gasteiger partial charge in [0.2, 0.25) is 0 Å². The summed E-state index contributed by atoms with van der Waals surface area (Å²) in [6.07, 6.45) is 7.25. The molecule has 0 atom stereocenters. The van der Waals surface area contributed by atoms with Gasteiger partial charge in [-0.05, 0) is 6.42 Å². The van der Waals surface area contributed by atoms with Crippen molar-refractivity contribution in [2.24, 2.45) is 0 Å². The molecule has 0 fully saturated rings. The molecule has 1 N–H and O–H groups in total. The minimum absolute atomic E-state index is 0. The number of aliphatic carboxylic acids is 1. The summed E-state index contributed by atoms with van der Waals surface area (Å²) in [4.78, 5) is 10.1. The molecule has 0 saturated heterocycles. The molecule has 70 valence electrons. The fourth-order valence-electron chi connectivity index (χ4n) is 1.06. The fraction of sp³-hybridized carbons (Fsp3) is 0.889. The standard InChI is InChI=1S/C9H18O2.Sr.2H/c1-2-3-4-5-6-7-8-9(10)11;;;/h2-8H2,1H3,(H,10,11);;;/q;+2;2*-1. The molecule has 0 spiro atoms. The van der Waals surface area contributed by atoms with E-state index in [9.17, 15) is 4.79 Å². The van der Waals surface area contributed by atoms with Gasteiger partial charge in [-0.2, -0.15) is 0 Å². The molecular formula is C9H20O2Sr.